The Morgan fingerprint density at radius 3 is 2.83 bits per heavy atom. The van der Waals surface area contributed by atoms with Crippen molar-refractivity contribution < 1.29 is 9.32 Å². The highest BCUT2D eigenvalue weighted by Crippen LogP contribution is 2.24. The predicted molar refractivity (Wildman–Crippen MR) is 117 cm³/mol. The molecule has 1 fully saturated rings. The third-order valence-electron chi connectivity index (χ3n) is 5.67. The lowest BCUT2D eigenvalue weighted by Gasteiger charge is -2.31. The van der Waals surface area contributed by atoms with E-state index in [1.54, 1.807) is 12.1 Å². The van der Waals surface area contributed by atoms with Crippen LogP contribution in [0.3, 0.4) is 0 Å². The third kappa shape index (κ3) is 4.71. The largest absolute Gasteiger partial charge is 0.338 e. The Kier molecular flexibility index (Phi) is 6.16. The number of carbonyl (C=O) groups is 1. The first-order chi connectivity index (χ1) is 14.5. The van der Waals surface area contributed by atoms with E-state index >= 15 is 0 Å². The number of anilines is 1. The van der Waals surface area contributed by atoms with Crippen molar-refractivity contribution >= 4 is 23.2 Å². The maximum atomic E-state index is 12.8. The molecular formula is C23H25ClN4O2. The molecule has 4 rings (SSSR count). The summed E-state index contributed by atoms with van der Waals surface area (Å²) in [6.07, 6.45) is 1.84. The molecular weight excluding hydrogens is 400 g/mol. The van der Waals surface area contributed by atoms with Gasteiger partial charge in [0.2, 0.25) is 17.6 Å². The van der Waals surface area contributed by atoms with Gasteiger partial charge in [0.05, 0.1) is 12.5 Å². The second-order valence-electron chi connectivity index (χ2n) is 7.83. The van der Waals surface area contributed by atoms with E-state index in [4.69, 9.17) is 16.1 Å². The van der Waals surface area contributed by atoms with Gasteiger partial charge in [0.25, 0.3) is 0 Å². The maximum absolute atomic E-state index is 12.8. The first-order valence-electron chi connectivity index (χ1n) is 10.2. The zero-order chi connectivity index (χ0) is 21.1. The first kappa shape index (κ1) is 20.6. The highest BCUT2D eigenvalue weighted by Gasteiger charge is 2.27. The number of carbonyl (C=O) groups excluding carboxylic acids is 1. The number of hydrogen-bond acceptors (Lipinski definition) is 5. The SMILES string of the molecule is Cc1cccc(NC(=O)C2CCCN(Cc3nc(-c4ccc(Cl)cc4)no3)C2)c1C. The quantitative estimate of drug-likeness (QED) is 0.633. The van der Waals surface area contributed by atoms with Crippen molar-refractivity contribution in [3.8, 4) is 11.4 Å². The number of aromatic nitrogens is 2. The molecule has 156 valence electrons. The van der Waals surface area contributed by atoms with Crippen LogP contribution < -0.4 is 5.32 Å². The molecule has 1 unspecified atom stereocenters. The molecule has 0 saturated carbocycles. The van der Waals surface area contributed by atoms with E-state index in [0.717, 1.165) is 36.2 Å². The number of nitrogens with one attached hydrogen (secondary N) is 1. The number of halogens is 1. The summed E-state index contributed by atoms with van der Waals surface area (Å²) in [4.78, 5) is 19.6. The average Bonchev–Trinajstić information content (AvgIpc) is 3.20. The number of nitrogens with zero attached hydrogens (tertiary/aromatic N) is 3. The van der Waals surface area contributed by atoms with Gasteiger partial charge in [-0.3, -0.25) is 9.69 Å². The van der Waals surface area contributed by atoms with Gasteiger partial charge >= 0.3 is 0 Å². The van der Waals surface area contributed by atoms with Crippen LogP contribution in [0.4, 0.5) is 5.69 Å². The summed E-state index contributed by atoms with van der Waals surface area (Å²) >= 11 is 5.94. The summed E-state index contributed by atoms with van der Waals surface area (Å²) in [7, 11) is 0. The highest BCUT2D eigenvalue weighted by molar-refractivity contribution is 6.30. The number of aryl methyl sites for hydroxylation is 1. The normalized spacial score (nSPS) is 17.1. The lowest BCUT2D eigenvalue weighted by molar-refractivity contribution is -0.121. The van der Waals surface area contributed by atoms with Crippen molar-refractivity contribution in [1.29, 1.82) is 0 Å². The van der Waals surface area contributed by atoms with E-state index < -0.39 is 0 Å². The number of likely N-dealkylation sites (tertiary alicyclic amines) is 1. The van der Waals surface area contributed by atoms with Gasteiger partial charge in [-0.2, -0.15) is 4.98 Å². The van der Waals surface area contributed by atoms with Crippen LogP contribution in [0.5, 0.6) is 0 Å². The molecule has 2 aromatic carbocycles. The Bertz CT molecular complexity index is 1030. The minimum absolute atomic E-state index is 0.0580. The van der Waals surface area contributed by atoms with Crippen molar-refractivity contribution in [2.24, 2.45) is 5.92 Å². The van der Waals surface area contributed by atoms with Gasteiger partial charge in [-0.05, 0) is 74.7 Å². The summed E-state index contributed by atoms with van der Waals surface area (Å²) in [5.74, 6) is 1.11. The summed E-state index contributed by atoms with van der Waals surface area (Å²) < 4.78 is 5.44. The maximum Gasteiger partial charge on any atom is 0.241 e. The van der Waals surface area contributed by atoms with Crippen molar-refractivity contribution in [3.63, 3.8) is 0 Å². The Balaban J connectivity index is 1.38. The smallest absolute Gasteiger partial charge is 0.241 e. The van der Waals surface area contributed by atoms with Crippen LogP contribution in [0.25, 0.3) is 11.4 Å². The highest BCUT2D eigenvalue weighted by atomic mass is 35.5. The van der Waals surface area contributed by atoms with Crippen molar-refractivity contribution in [2.75, 3.05) is 18.4 Å². The van der Waals surface area contributed by atoms with E-state index in [0.29, 0.717) is 29.8 Å². The van der Waals surface area contributed by atoms with Gasteiger partial charge in [-0.1, -0.05) is 28.9 Å². The zero-order valence-corrected chi connectivity index (χ0v) is 17.9. The van der Waals surface area contributed by atoms with E-state index in [1.165, 1.54) is 5.56 Å². The Morgan fingerprint density at radius 1 is 1.23 bits per heavy atom. The average molecular weight is 425 g/mol. The zero-order valence-electron chi connectivity index (χ0n) is 17.2. The second-order valence-corrected chi connectivity index (χ2v) is 8.27. The van der Waals surface area contributed by atoms with Crippen LogP contribution in [-0.4, -0.2) is 34.0 Å². The number of benzene rings is 2. The van der Waals surface area contributed by atoms with Crippen LogP contribution in [0.15, 0.2) is 47.0 Å². The number of rotatable bonds is 5. The van der Waals surface area contributed by atoms with E-state index in [-0.39, 0.29) is 11.8 Å². The van der Waals surface area contributed by atoms with E-state index in [2.05, 4.69) is 33.3 Å². The van der Waals surface area contributed by atoms with Gasteiger partial charge in [0, 0.05) is 22.8 Å². The standard InChI is InChI=1S/C23H25ClN4O2/c1-15-5-3-7-20(16(15)2)25-23(29)18-6-4-12-28(13-18)14-21-26-22(27-30-21)17-8-10-19(24)11-9-17/h3,5,7-11,18H,4,6,12-14H2,1-2H3,(H,25,29). The molecule has 6 nitrogen and oxygen atoms in total. The van der Waals surface area contributed by atoms with Crippen molar-refractivity contribution in [1.82, 2.24) is 15.0 Å². The molecule has 1 aliphatic rings. The Hall–Kier alpha value is -2.70. The number of amides is 1. The van der Waals surface area contributed by atoms with Gasteiger partial charge in [0.1, 0.15) is 0 Å². The minimum atomic E-state index is -0.0580. The van der Waals surface area contributed by atoms with Crippen LogP contribution in [0, 0.1) is 19.8 Å². The van der Waals surface area contributed by atoms with Gasteiger partial charge in [-0.15, -0.1) is 0 Å². The van der Waals surface area contributed by atoms with Gasteiger partial charge < -0.3 is 9.84 Å². The van der Waals surface area contributed by atoms with E-state index in [9.17, 15) is 4.79 Å². The van der Waals surface area contributed by atoms with Crippen molar-refractivity contribution in [3.05, 3.63) is 64.5 Å². The second kappa shape index (κ2) is 8.98. The lowest BCUT2D eigenvalue weighted by atomic mass is 9.96. The molecule has 1 atom stereocenters. The van der Waals surface area contributed by atoms with E-state index in [1.807, 2.05) is 31.2 Å². The monoisotopic (exact) mass is 424 g/mol. The number of piperidine rings is 1. The molecule has 1 amide bonds. The molecule has 7 heteroatoms. The molecule has 0 spiro atoms. The molecule has 0 bridgehead atoms. The third-order valence-corrected chi connectivity index (χ3v) is 5.92. The Labute approximate surface area is 181 Å². The summed E-state index contributed by atoms with van der Waals surface area (Å²) in [6, 6.07) is 13.3. The fourth-order valence-corrected chi connectivity index (χ4v) is 3.89. The molecule has 0 aliphatic carbocycles. The minimum Gasteiger partial charge on any atom is -0.338 e. The van der Waals surface area contributed by atoms with Crippen LogP contribution >= 0.6 is 11.6 Å². The van der Waals surface area contributed by atoms with Crippen molar-refractivity contribution in [2.45, 2.75) is 33.2 Å². The topological polar surface area (TPSA) is 71.3 Å². The first-order valence-corrected chi connectivity index (χ1v) is 10.6. The predicted octanol–water partition coefficient (Wildman–Crippen LogP) is 4.86. The molecule has 30 heavy (non-hydrogen) atoms. The molecule has 0 radical (unpaired) electrons. The van der Waals surface area contributed by atoms with Crippen LogP contribution in [0.2, 0.25) is 5.02 Å². The van der Waals surface area contributed by atoms with Gasteiger partial charge in [-0.25, -0.2) is 0 Å². The summed E-state index contributed by atoms with van der Waals surface area (Å²) in [5, 5.41) is 7.85. The molecule has 2 heterocycles. The molecule has 1 aliphatic heterocycles. The number of hydrogen-bond donors (Lipinski definition) is 1. The van der Waals surface area contributed by atoms with Crippen LogP contribution in [-0.2, 0) is 11.3 Å². The van der Waals surface area contributed by atoms with Gasteiger partial charge in [0.15, 0.2) is 0 Å². The fourth-order valence-electron chi connectivity index (χ4n) is 3.76. The van der Waals surface area contributed by atoms with Crippen LogP contribution in [0.1, 0.15) is 29.9 Å². The Morgan fingerprint density at radius 2 is 2.03 bits per heavy atom. The summed E-state index contributed by atoms with van der Waals surface area (Å²) in [6.45, 7) is 6.21. The fraction of sp³-hybridized carbons (Fsp3) is 0.348. The molecule has 1 aromatic heterocycles. The molecule has 1 N–H and O–H groups in total. The molecule has 3 aromatic rings. The summed E-state index contributed by atoms with van der Waals surface area (Å²) in [5.41, 5.74) is 4.03. The lowest BCUT2D eigenvalue weighted by Crippen LogP contribution is -2.40. The molecule has 1 saturated heterocycles.